The molecule has 0 radical (unpaired) electrons. The molecule has 2 aromatic heterocycles. The lowest BCUT2D eigenvalue weighted by Crippen LogP contribution is -2.25. The summed E-state index contributed by atoms with van der Waals surface area (Å²) in [5.74, 6) is 0.971. The largest absolute Gasteiger partial charge is 0.341 e. The number of nitrogens with one attached hydrogen (secondary N) is 3. The standard InChI is InChI=1S/C25H27N5/c1-2-8-22-21(7-1)29-24(30-22)17-26-15-18-10-12-19(13-11-18)16-28-23-9-3-5-20-6-4-14-27-25(20)23/h1-2,4,6-8,10-14,23,26,28H,3,5,9,15-17H2,(H,29,30). The summed E-state index contributed by atoms with van der Waals surface area (Å²) in [7, 11) is 0. The van der Waals surface area contributed by atoms with Crippen LogP contribution in [0.1, 0.15) is 47.1 Å². The van der Waals surface area contributed by atoms with Gasteiger partial charge in [0.25, 0.3) is 0 Å². The van der Waals surface area contributed by atoms with Gasteiger partial charge in [-0.15, -0.1) is 0 Å². The van der Waals surface area contributed by atoms with Crippen LogP contribution in [-0.4, -0.2) is 15.0 Å². The Morgan fingerprint density at radius 2 is 1.73 bits per heavy atom. The topological polar surface area (TPSA) is 65.6 Å². The Balaban J connectivity index is 1.12. The van der Waals surface area contributed by atoms with Gasteiger partial charge in [-0.2, -0.15) is 0 Å². The molecule has 1 aliphatic rings. The van der Waals surface area contributed by atoms with Crippen molar-refractivity contribution < 1.29 is 0 Å². The van der Waals surface area contributed by atoms with Gasteiger partial charge in [0, 0.05) is 19.3 Å². The molecule has 0 aliphatic heterocycles. The van der Waals surface area contributed by atoms with E-state index >= 15 is 0 Å². The van der Waals surface area contributed by atoms with Crippen LogP contribution in [0.4, 0.5) is 0 Å². The summed E-state index contributed by atoms with van der Waals surface area (Å²) in [5, 5.41) is 7.18. The van der Waals surface area contributed by atoms with Crippen LogP contribution in [0.5, 0.6) is 0 Å². The fraction of sp³-hybridized carbons (Fsp3) is 0.280. The van der Waals surface area contributed by atoms with Crippen molar-refractivity contribution >= 4 is 11.0 Å². The van der Waals surface area contributed by atoms with Crippen molar-refractivity contribution in [3.8, 4) is 0 Å². The van der Waals surface area contributed by atoms with Crippen LogP contribution in [0.15, 0.2) is 66.9 Å². The number of para-hydroxylation sites is 2. The summed E-state index contributed by atoms with van der Waals surface area (Å²) in [6.45, 7) is 2.42. The van der Waals surface area contributed by atoms with E-state index in [4.69, 9.17) is 0 Å². The second-order valence-electron chi connectivity index (χ2n) is 7.99. The molecule has 152 valence electrons. The highest BCUT2D eigenvalue weighted by atomic mass is 15.0. The molecule has 2 aromatic carbocycles. The molecule has 1 unspecified atom stereocenters. The lowest BCUT2D eigenvalue weighted by atomic mass is 9.92. The first-order chi connectivity index (χ1) is 14.8. The van der Waals surface area contributed by atoms with E-state index < -0.39 is 0 Å². The Morgan fingerprint density at radius 3 is 2.60 bits per heavy atom. The summed E-state index contributed by atoms with van der Waals surface area (Å²) >= 11 is 0. The van der Waals surface area contributed by atoms with E-state index in [1.165, 1.54) is 28.8 Å². The first-order valence-electron chi connectivity index (χ1n) is 10.7. The molecule has 3 N–H and O–H groups in total. The highest BCUT2D eigenvalue weighted by molar-refractivity contribution is 5.74. The third-order valence-electron chi connectivity index (χ3n) is 5.83. The summed E-state index contributed by atoms with van der Waals surface area (Å²) in [5.41, 5.74) is 7.31. The summed E-state index contributed by atoms with van der Waals surface area (Å²) in [6.07, 6.45) is 5.45. The number of nitrogens with zero attached hydrogens (tertiary/aromatic N) is 2. The van der Waals surface area contributed by atoms with Crippen LogP contribution in [0.2, 0.25) is 0 Å². The first kappa shape index (κ1) is 19.0. The van der Waals surface area contributed by atoms with Gasteiger partial charge in [-0.05, 0) is 54.2 Å². The number of aromatic amines is 1. The second kappa shape index (κ2) is 8.78. The number of hydrogen-bond donors (Lipinski definition) is 3. The van der Waals surface area contributed by atoms with Gasteiger partial charge in [0.05, 0.1) is 29.3 Å². The van der Waals surface area contributed by atoms with Crippen LogP contribution in [0, 0.1) is 0 Å². The molecule has 0 saturated heterocycles. The van der Waals surface area contributed by atoms with Crippen LogP contribution in [0.25, 0.3) is 11.0 Å². The van der Waals surface area contributed by atoms with Crippen LogP contribution < -0.4 is 10.6 Å². The Morgan fingerprint density at radius 1 is 0.900 bits per heavy atom. The quantitative estimate of drug-likeness (QED) is 0.432. The maximum atomic E-state index is 4.62. The minimum atomic E-state index is 0.361. The minimum absolute atomic E-state index is 0.361. The second-order valence-corrected chi connectivity index (χ2v) is 7.99. The Kier molecular flexibility index (Phi) is 5.55. The van der Waals surface area contributed by atoms with Gasteiger partial charge in [0.2, 0.25) is 0 Å². The fourth-order valence-corrected chi connectivity index (χ4v) is 4.24. The van der Waals surface area contributed by atoms with Crippen molar-refractivity contribution in [1.82, 2.24) is 25.6 Å². The van der Waals surface area contributed by atoms with E-state index in [1.807, 2.05) is 30.5 Å². The van der Waals surface area contributed by atoms with Crippen molar-refractivity contribution in [2.75, 3.05) is 0 Å². The number of aromatic nitrogens is 3. The molecule has 5 rings (SSSR count). The lowest BCUT2D eigenvalue weighted by Gasteiger charge is -2.25. The number of rotatable bonds is 7. The molecule has 5 nitrogen and oxygen atoms in total. The average Bonchev–Trinajstić information content (AvgIpc) is 3.21. The highest BCUT2D eigenvalue weighted by Gasteiger charge is 2.20. The van der Waals surface area contributed by atoms with E-state index in [2.05, 4.69) is 62.0 Å². The molecule has 5 heteroatoms. The molecule has 30 heavy (non-hydrogen) atoms. The zero-order valence-corrected chi connectivity index (χ0v) is 17.1. The number of benzene rings is 2. The zero-order valence-electron chi connectivity index (χ0n) is 17.1. The molecule has 0 fully saturated rings. The van der Waals surface area contributed by atoms with Gasteiger partial charge in [0.1, 0.15) is 5.82 Å². The molecule has 0 amide bonds. The number of fused-ring (bicyclic) bond motifs is 2. The van der Waals surface area contributed by atoms with E-state index in [1.54, 1.807) is 0 Å². The number of pyridine rings is 1. The van der Waals surface area contributed by atoms with E-state index in [0.717, 1.165) is 49.3 Å². The number of hydrogen-bond acceptors (Lipinski definition) is 4. The predicted octanol–water partition coefficient (Wildman–Crippen LogP) is 4.41. The Hall–Kier alpha value is -3.02. The summed E-state index contributed by atoms with van der Waals surface area (Å²) in [4.78, 5) is 12.6. The Labute approximate surface area is 177 Å². The van der Waals surface area contributed by atoms with Crippen molar-refractivity contribution in [2.45, 2.75) is 44.9 Å². The van der Waals surface area contributed by atoms with Crippen molar-refractivity contribution in [3.63, 3.8) is 0 Å². The molecule has 0 spiro atoms. The highest BCUT2D eigenvalue weighted by Crippen LogP contribution is 2.27. The molecule has 1 aliphatic carbocycles. The fourth-order valence-electron chi connectivity index (χ4n) is 4.24. The average molecular weight is 398 g/mol. The summed E-state index contributed by atoms with van der Waals surface area (Å²) in [6, 6.07) is 21.6. The number of H-pyrrole nitrogens is 1. The summed E-state index contributed by atoms with van der Waals surface area (Å²) < 4.78 is 0. The number of aryl methyl sites for hydroxylation is 1. The molecule has 2 heterocycles. The van der Waals surface area contributed by atoms with Crippen LogP contribution in [-0.2, 0) is 26.1 Å². The minimum Gasteiger partial charge on any atom is -0.341 e. The third-order valence-corrected chi connectivity index (χ3v) is 5.83. The smallest absolute Gasteiger partial charge is 0.121 e. The first-order valence-corrected chi connectivity index (χ1v) is 10.7. The maximum absolute atomic E-state index is 4.62. The van der Waals surface area contributed by atoms with E-state index in [-0.39, 0.29) is 0 Å². The van der Waals surface area contributed by atoms with E-state index in [0.29, 0.717) is 6.04 Å². The molecular weight excluding hydrogens is 370 g/mol. The van der Waals surface area contributed by atoms with Gasteiger partial charge in [-0.3, -0.25) is 4.98 Å². The van der Waals surface area contributed by atoms with Crippen molar-refractivity contribution in [1.29, 1.82) is 0 Å². The zero-order chi connectivity index (χ0) is 20.2. The van der Waals surface area contributed by atoms with Crippen LogP contribution >= 0.6 is 0 Å². The maximum Gasteiger partial charge on any atom is 0.121 e. The van der Waals surface area contributed by atoms with E-state index in [9.17, 15) is 0 Å². The lowest BCUT2D eigenvalue weighted by molar-refractivity contribution is 0.447. The van der Waals surface area contributed by atoms with Gasteiger partial charge in [-0.25, -0.2) is 4.98 Å². The van der Waals surface area contributed by atoms with Gasteiger partial charge in [-0.1, -0.05) is 42.5 Å². The molecule has 0 saturated carbocycles. The molecule has 1 atom stereocenters. The Bertz CT molecular complexity index is 1080. The predicted molar refractivity (Wildman–Crippen MR) is 120 cm³/mol. The molecule has 0 bridgehead atoms. The third kappa shape index (κ3) is 4.27. The van der Waals surface area contributed by atoms with Crippen molar-refractivity contribution in [2.24, 2.45) is 0 Å². The molecular formula is C25H27N5. The van der Waals surface area contributed by atoms with Crippen molar-refractivity contribution in [3.05, 3.63) is 95.1 Å². The van der Waals surface area contributed by atoms with Gasteiger partial charge < -0.3 is 15.6 Å². The van der Waals surface area contributed by atoms with Gasteiger partial charge in [0.15, 0.2) is 0 Å². The van der Waals surface area contributed by atoms with Gasteiger partial charge >= 0.3 is 0 Å². The molecule has 4 aromatic rings. The normalized spacial score (nSPS) is 15.9. The SMILES string of the molecule is c1cnc2c(c1)CCCC2NCc1ccc(CNCc2nc3ccccc3[nH]2)cc1. The van der Waals surface area contributed by atoms with Crippen LogP contribution in [0.3, 0.4) is 0 Å². The number of imidazole rings is 1. The monoisotopic (exact) mass is 397 g/mol.